The van der Waals surface area contributed by atoms with Gasteiger partial charge in [0.1, 0.15) is 6.29 Å². The van der Waals surface area contributed by atoms with Gasteiger partial charge >= 0.3 is 0 Å². The number of ether oxygens (including phenoxy) is 2. The SMILES string of the molecule is O=CC=CCCCCOC1CCCCO1. The first-order valence-corrected chi connectivity index (χ1v) is 5.77. The highest BCUT2D eigenvalue weighted by Crippen LogP contribution is 2.14. The lowest BCUT2D eigenvalue weighted by Gasteiger charge is -2.22. The summed E-state index contributed by atoms with van der Waals surface area (Å²) in [6.07, 6.45) is 10.7. The van der Waals surface area contributed by atoms with E-state index in [0.717, 1.165) is 51.6 Å². The number of hydrogen-bond donors (Lipinski definition) is 0. The Morgan fingerprint density at radius 2 is 2.27 bits per heavy atom. The van der Waals surface area contributed by atoms with E-state index in [4.69, 9.17) is 9.47 Å². The van der Waals surface area contributed by atoms with Crippen LogP contribution in [0.2, 0.25) is 0 Å². The fourth-order valence-electron chi connectivity index (χ4n) is 1.57. The molecule has 15 heavy (non-hydrogen) atoms. The zero-order chi connectivity index (χ0) is 10.8. The van der Waals surface area contributed by atoms with Crippen LogP contribution in [0.3, 0.4) is 0 Å². The van der Waals surface area contributed by atoms with Crippen molar-refractivity contribution in [1.29, 1.82) is 0 Å². The Kier molecular flexibility index (Phi) is 7.13. The average molecular weight is 212 g/mol. The molecule has 1 rings (SSSR count). The number of hydrogen-bond acceptors (Lipinski definition) is 3. The number of carbonyl (C=O) groups excluding carboxylic acids is 1. The van der Waals surface area contributed by atoms with Crippen LogP contribution in [-0.4, -0.2) is 25.8 Å². The van der Waals surface area contributed by atoms with Crippen LogP contribution in [0.4, 0.5) is 0 Å². The van der Waals surface area contributed by atoms with Crippen LogP contribution in [0.15, 0.2) is 12.2 Å². The molecule has 0 spiro atoms. The Hall–Kier alpha value is -0.670. The van der Waals surface area contributed by atoms with Gasteiger partial charge in [-0.25, -0.2) is 0 Å². The fourth-order valence-corrected chi connectivity index (χ4v) is 1.57. The van der Waals surface area contributed by atoms with Gasteiger partial charge < -0.3 is 9.47 Å². The molecule has 0 aromatic heterocycles. The van der Waals surface area contributed by atoms with Gasteiger partial charge in [-0.3, -0.25) is 4.79 Å². The highest BCUT2D eigenvalue weighted by atomic mass is 16.7. The Morgan fingerprint density at radius 1 is 1.33 bits per heavy atom. The molecule has 1 unspecified atom stereocenters. The summed E-state index contributed by atoms with van der Waals surface area (Å²) in [7, 11) is 0. The highest BCUT2D eigenvalue weighted by molar-refractivity contribution is 5.64. The largest absolute Gasteiger partial charge is 0.353 e. The third-order valence-corrected chi connectivity index (χ3v) is 2.42. The summed E-state index contributed by atoms with van der Waals surface area (Å²) in [4.78, 5) is 9.97. The smallest absolute Gasteiger partial charge is 0.157 e. The predicted molar refractivity (Wildman–Crippen MR) is 58.6 cm³/mol. The standard InChI is InChI=1S/C12H20O3/c13-9-5-2-1-3-6-10-14-12-8-4-7-11-15-12/h2,5,9,12H,1,3-4,6-8,10-11H2. The molecule has 1 atom stereocenters. The zero-order valence-corrected chi connectivity index (χ0v) is 9.19. The Balaban J connectivity index is 1.87. The first-order valence-electron chi connectivity index (χ1n) is 5.77. The van der Waals surface area contributed by atoms with Crippen LogP contribution in [0.1, 0.15) is 38.5 Å². The molecule has 1 fully saturated rings. The van der Waals surface area contributed by atoms with Crippen molar-refractivity contribution in [3.63, 3.8) is 0 Å². The molecule has 0 bridgehead atoms. The van der Waals surface area contributed by atoms with E-state index in [-0.39, 0.29) is 6.29 Å². The molecule has 0 radical (unpaired) electrons. The van der Waals surface area contributed by atoms with Gasteiger partial charge in [-0.2, -0.15) is 0 Å². The summed E-state index contributed by atoms with van der Waals surface area (Å²) in [6, 6.07) is 0. The molecule has 1 heterocycles. The van der Waals surface area contributed by atoms with E-state index >= 15 is 0 Å². The minimum Gasteiger partial charge on any atom is -0.353 e. The average Bonchev–Trinajstić information content (AvgIpc) is 2.29. The lowest BCUT2D eigenvalue weighted by molar-refractivity contribution is -0.162. The molecular formula is C12H20O3. The van der Waals surface area contributed by atoms with Gasteiger partial charge in [-0.15, -0.1) is 0 Å². The van der Waals surface area contributed by atoms with E-state index < -0.39 is 0 Å². The lowest BCUT2D eigenvalue weighted by atomic mass is 10.2. The van der Waals surface area contributed by atoms with Crippen molar-refractivity contribution < 1.29 is 14.3 Å². The molecule has 0 amide bonds. The predicted octanol–water partition coefficient (Wildman–Crippen LogP) is 2.46. The summed E-state index contributed by atoms with van der Waals surface area (Å²) in [5, 5.41) is 0. The maximum absolute atomic E-state index is 9.97. The topological polar surface area (TPSA) is 35.5 Å². The third kappa shape index (κ3) is 6.42. The summed E-state index contributed by atoms with van der Waals surface area (Å²) in [5.41, 5.74) is 0. The summed E-state index contributed by atoms with van der Waals surface area (Å²) in [5.74, 6) is 0. The third-order valence-electron chi connectivity index (χ3n) is 2.42. The molecule has 1 saturated heterocycles. The van der Waals surface area contributed by atoms with E-state index in [1.54, 1.807) is 6.08 Å². The first kappa shape index (κ1) is 12.4. The van der Waals surface area contributed by atoms with Crippen molar-refractivity contribution in [2.45, 2.75) is 44.8 Å². The lowest BCUT2D eigenvalue weighted by Crippen LogP contribution is -2.22. The second-order valence-electron chi connectivity index (χ2n) is 3.73. The maximum atomic E-state index is 9.97. The fraction of sp³-hybridized carbons (Fsp3) is 0.750. The van der Waals surface area contributed by atoms with Crippen molar-refractivity contribution in [1.82, 2.24) is 0 Å². The van der Waals surface area contributed by atoms with Crippen LogP contribution >= 0.6 is 0 Å². The molecule has 0 saturated carbocycles. The molecular weight excluding hydrogens is 192 g/mol. The molecule has 0 aromatic rings. The van der Waals surface area contributed by atoms with E-state index in [1.165, 1.54) is 6.42 Å². The molecule has 1 aliphatic rings. The van der Waals surface area contributed by atoms with Gasteiger partial charge in [0.05, 0.1) is 0 Å². The van der Waals surface area contributed by atoms with Gasteiger partial charge in [0.15, 0.2) is 6.29 Å². The zero-order valence-electron chi connectivity index (χ0n) is 9.19. The van der Waals surface area contributed by atoms with Crippen LogP contribution in [0.25, 0.3) is 0 Å². The van der Waals surface area contributed by atoms with E-state index in [9.17, 15) is 4.79 Å². The van der Waals surface area contributed by atoms with Crippen molar-refractivity contribution in [3.05, 3.63) is 12.2 Å². The van der Waals surface area contributed by atoms with E-state index in [1.807, 2.05) is 6.08 Å². The van der Waals surface area contributed by atoms with Gasteiger partial charge in [0.2, 0.25) is 0 Å². The summed E-state index contributed by atoms with van der Waals surface area (Å²) >= 11 is 0. The number of allylic oxidation sites excluding steroid dienone is 2. The molecule has 1 aliphatic heterocycles. The Labute approximate surface area is 91.4 Å². The minimum atomic E-state index is 0.0317. The molecule has 3 heteroatoms. The molecule has 0 aliphatic carbocycles. The van der Waals surface area contributed by atoms with Crippen LogP contribution in [-0.2, 0) is 14.3 Å². The van der Waals surface area contributed by atoms with E-state index in [0.29, 0.717) is 0 Å². The number of carbonyl (C=O) groups is 1. The van der Waals surface area contributed by atoms with Crippen molar-refractivity contribution in [2.24, 2.45) is 0 Å². The second-order valence-corrected chi connectivity index (χ2v) is 3.73. The number of rotatable bonds is 7. The summed E-state index contributed by atoms with van der Waals surface area (Å²) < 4.78 is 11.0. The van der Waals surface area contributed by atoms with Crippen LogP contribution in [0.5, 0.6) is 0 Å². The molecule has 0 aromatic carbocycles. The quantitative estimate of drug-likeness (QED) is 0.369. The van der Waals surface area contributed by atoms with Gasteiger partial charge in [0.25, 0.3) is 0 Å². The van der Waals surface area contributed by atoms with Crippen molar-refractivity contribution in [2.75, 3.05) is 13.2 Å². The van der Waals surface area contributed by atoms with Crippen LogP contribution < -0.4 is 0 Å². The highest BCUT2D eigenvalue weighted by Gasteiger charge is 2.12. The van der Waals surface area contributed by atoms with Gasteiger partial charge in [-0.05, 0) is 44.6 Å². The van der Waals surface area contributed by atoms with E-state index in [2.05, 4.69) is 0 Å². The minimum absolute atomic E-state index is 0.0317. The van der Waals surface area contributed by atoms with Crippen molar-refractivity contribution >= 4 is 6.29 Å². The number of aldehydes is 1. The Bertz CT molecular complexity index is 183. The monoisotopic (exact) mass is 212 g/mol. The molecule has 3 nitrogen and oxygen atoms in total. The number of unbranched alkanes of at least 4 members (excludes halogenated alkanes) is 2. The van der Waals surface area contributed by atoms with Crippen LogP contribution in [0, 0.1) is 0 Å². The molecule has 86 valence electrons. The maximum Gasteiger partial charge on any atom is 0.157 e. The van der Waals surface area contributed by atoms with Gasteiger partial charge in [-0.1, -0.05) is 6.08 Å². The second kappa shape index (κ2) is 8.62. The first-order chi connectivity index (χ1) is 7.43. The van der Waals surface area contributed by atoms with Crippen molar-refractivity contribution in [3.8, 4) is 0 Å². The Morgan fingerprint density at radius 3 is 3.00 bits per heavy atom. The normalized spacial score (nSPS) is 22.0. The molecule has 0 N–H and O–H groups in total. The summed E-state index contributed by atoms with van der Waals surface area (Å²) in [6.45, 7) is 1.60. The van der Waals surface area contributed by atoms with Gasteiger partial charge in [0, 0.05) is 13.2 Å².